The molecule has 1 aromatic carbocycles. The molecular formula is C15H22N4. The first-order chi connectivity index (χ1) is 9.11. The molecule has 0 atom stereocenters. The first-order valence-electron chi connectivity index (χ1n) is 6.80. The number of rotatable bonds is 5. The van der Waals surface area contributed by atoms with E-state index < -0.39 is 0 Å². The van der Waals surface area contributed by atoms with Gasteiger partial charge in [-0.2, -0.15) is 5.10 Å². The Morgan fingerprint density at radius 2 is 2.00 bits per heavy atom. The molecule has 0 aliphatic carbocycles. The van der Waals surface area contributed by atoms with Gasteiger partial charge in [0.1, 0.15) is 0 Å². The van der Waals surface area contributed by atoms with E-state index in [1.165, 1.54) is 5.56 Å². The number of aromatic nitrogens is 3. The van der Waals surface area contributed by atoms with Crippen molar-refractivity contribution in [1.82, 2.24) is 14.8 Å². The van der Waals surface area contributed by atoms with Gasteiger partial charge in [0.2, 0.25) is 0 Å². The van der Waals surface area contributed by atoms with Crippen molar-refractivity contribution in [3.8, 4) is 11.4 Å². The number of hydrogen-bond donors (Lipinski definition) is 1. The Hall–Kier alpha value is -1.68. The molecule has 102 valence electrons. The van der Waals surface area contributed by atoms with Gasteiger partial charge >= 0.3 is 0 Å². The van der Waals surface area contributed by atoms with Gasteiger partial charge in [-0.25, -0.2) is 9.67 Å². The lowest BCUT2D eigenvalue weighted by Gasteiger charge is -2.07. The summed E-state index contributed by atoms with van der Waals surface area (Å²) in [6.07, 6.45) is 1.77. The van der Waals surface area contributed by atoms with Crippen molar-refractivity contribution in [2.24, 2.45) is 18.7 Å². The van der Waals surface area contributed by atoms with Crippen LogP contribution in [0.4, 0.5) is 0 Å². The SMILES string of the molecule is CC(C)Cc1nc(-c2ccccc2CCN)n(C)n1. The van der Waals surface area contributed by atoms with E-state index in [1.807, 2.05) is 23.9 Å². The van der Waals surface area contributed by atoms with Crippen LogP contribution in [0.2, 0.25) is 0 Å². The lowest BCUT2D eigenvalue weighted by molar-refractivity contribution is 0.613. The molecule has 0 saturated heterocycles. The molecule has 4 nitrogen and oxygen atoms in total. The fourth-order valence-electron chi connectivity index (χ4n) is 2.24. The zero-order valence-electron chi connectivity index (χ0n) is 11.9. The molecule has 2 rings (SSSR count). The Morgan fingerprint density at radius 3 is 2.68 bits per heavy atom. The normalized spacial score (nSPS) is 11.2. The van der Waals surface area contributed by atoms with E-state index in [2.05, 4.69) is 36.1 Å². The third-order valence-corrected chi connectivity index (χ3v) is 3.07. The van der Waals surface area contributed by atoms with Gasteiger partial charge in [0, 0.05) is 19.0 Å². The van der Waals surface area contributed by atoms with Gasteiger partial charge in [-0.3, -0.25) is 0 Å². The van der Waals surface area contributed by atoms with E-state index in [0.29, 0.717) is 12.5 Å². The lowest BCUT2D eigenvalue weighted by Crippen LogP contribution is -2.05. The predicted octanol–water partition coefficient (Wildman–Crippen LogP) is 2.18. The van der Waals surface area contributed by atoms with Crippen LogP contribution in [0.5, 0.6) is 0 Å². The van der Waals surface area contributed by atoms with E-state index in [0.717, 1.165) is 30.1 Å². The average molecular weight is 258 g/mol. The zero-order valence-corrected chi connectivity index (χ0v) is 11.9. The van der Waals surface area contributed by atoms with Crippen LogP contribution < -0.4 is 5.73 Å². The summed E-state index contributed by atoms with van der Waals surface area (Å²) in [5.41, 5.74) is 8.04. The number of hydrogen-bond acceptors (Lipinski definition) is 3. The Labute approximate surface area is 114 Å². The second-order valence-corrected chi connectivity index (χ2v) is 5.27. The Morgan fingerprint density at radius 1 is 1.26 bits per heavy atom. The number of benzene rings is 1. The summed E-state index contributed by atoms with van der Waals surface area (Å²) in [6, 6.07) is 8.28. The van der Waals surface area contributed by atoms with Crippen molar-refractivity contribution in [2.75, 3.05) is 6.54 Å². The van der Waals surface area contributed by atoms with Crippen molar-refractivity contribution < 1.29 is 0 Å². The van der Waals surface area contributed by atoms with E-state index >= 15 is 0 Å². The second kappa shape index (κ2) is 5.97. The summed E-state index contributed by atoms with van der Waals surface area (Å²) < 4.78 is 1.87. The highest BCUT2D eigenvalue weighted by molar-refractivity contribution is 5.60. The van der Waals surface area contributed by atoms with Crippen LogP contribution in [-0.4, -0.2) is 21.3 Å². The minimum atomic E-state index is 0.564. The molecule has 0 bridgehead atoms. The van der Waals surface area contributed by atoms with Crippen LogP contribution in [0.25, 0.3) is 11.4 Å². The van der Waals surface area contributed by atoms with Gasteiger partial charge in [-0.05, 0) is 24.4 Å². The van der Waals surface area contributed by atoms with Crippen LogP contribution in [0, 0.1) is 5.92 Å². The third kappa shape index (κ3) is 3.20. The van der Waals surface area contributed by atoms with Gasteiger partial charge in [-0.15, -0.1) is 0 Å². The molecular weight excluding hydrogens is 236 g/mol. The van der Waals surface area contributed by atoms with Crippen molar-refractivity contribution in [3.05, 3.63) is 35.7 Å². The van der Waals surface area contributed by atoms with E-state index in [1.54, 1.807) is 0 Å². The molecule has 0 radical (unpaired) electrons. The predicted molar refractivity (Wildman–Crippen MR) is 77.7 cm³/mol. The molecule has 19 heavy (non-hydrogen) atoms. The highest BCUT2D eigenvalue weighted by atomic mass is 15.3. The van der Waals surface area contributed by atoms with Crippen molar-refractivity contribution in [1.29, 1.82) is 0 Å². The number of nitrogens with zero attached hydrogens (tertiary/aromatic N) is 3. The smallest absolute Gasteiger partial charge is 0.158 e. The van der Waals surface area contributed by atoms with E-state index in [4.69, 9.17) is 5.73 Å². The van der Waals surface area contributed by atoms with Gasteiger partial charge in [0.25, 0.3) is 0 Å². The van der Waals surface area contributed by atoms with Crippen molar-refractivity contribution in [2.45, 2.75) is 26.7 Å². The highest BCUT2D eigenvalue weighted by Gasteiger charge is 2.13. The molecule has 0 saturated carbocycles. The Bertz CT molecular complexity index is 543. The second-order valence-electron chi connectivity index (χ2n) is 5.27. The fourth-order valence-corrected chi connectivity index (χ4v) is 2.24. The van der Waals surface area contributed by atoms with E-state index in [-0.39, 0.29) is 0 Å². The largest absolute Gasteiger partial charge is 0.330 e. The average Bonchev–Trinajstić information content (AvgIpc) is 2.70. The van der Waals surface area contributed by atoms with Gasteiger partial charge < -0.3 is 5.73 Å². The maximum absolute atomic E-state index is 5.67. The van der Waals surface area contributed by atoms with Crippen LogP contribution in [0.15, 0.2) is 24.3 Å². The van der Waals surface area contributed by atoms with Crippen LogP contribution >= 0.6 is 0 Å². The monoisotopic (exact) mass is 258 g/mol. The standard InChI is InChI=1S/C15H22N4/c1-11(2)10-14-17-15(19(3)18-14)13-7-5-4-6-12(13)8-9-16/h4-7,11H,8-10,16H2,1-3H3. The molecule has 1 heterocycles. The molecule has 2 aromatic rings. The molecule has 0 aliphatic rings. The molecule has 4 heteroatoms. The topological polar surface area (TPSA) is 56.7 Å². The lowest BCUT2D eigenvalue weighted by atomic mass is 10.0. The number of aryl methyl sites for hydroxylation is 1. The summed E-state index contributed by atoms with van der Waals surface area (Å²) >= 11 is 0. The minimum absolute atomic E-state index is 0.564. The van der Waals surface area contributed by atoms with Gasteiger partial charge in [0.15, 0.2) is 11.6 Å². The van der Waals surface area contributed by atoms with Crippen LogP contribution in [0.1, 0.15) is 25.2 Å². The van der Waals surface area contributed by atoms with Crippen LogP contribution in [0.3, 0.4) is 0 Å². The molecule has 0 unspecified atom stereocenters. The highest BCUT2D eigenvalue weighted by Crippen LogP contribution is 2.22. The van der Waals surface area contributed by atoms with Gasteiger partial charge in [0.05, 0.1) is 0 Å². The maximum Gasteiger partial charge on any atom is 0.158 e. The first-order valence-corrected chi connectivity index (χ1v) is 6.80. The molecule has 0 fully saturated rings. The number of nitrogens with two attached hydrogens (primary N) is 1. The van der Waals surface area contributed by atoms with Gasteiger partial charge in [-0.1, -0.05) is 38.1 Å². The van der Waals surface area contributed by atoms with Crippen molar-refractivity contribution in [3.63, 3.8) is 0 Å². The summed E-state index contributed by atoms with van der Waals surface area (Å²) in [6.45, 7) is 5.00. The third-order valence-electron chi connectivity index (χ3n) is 3.07. The minimum Gasteiger partial charge on any atom is -0.330 e. The quantitative estimate of drug-likeness (QED) is 0.894. The Balaban J connectivity index is 2.38. The van der Waals surface area contributed by atoms with E-state index in [9.17, 15) is 0 Å². The van der Waals surface area contributed by atoms with Crippen molar-refractivity contribution >= 4 is 0 Å². The molecule has 0 amide bonds. The summed E-state index contributed by atoms with van der Waals surface area (Å²) in [5, 5.41) is 4.50. The summed E-state index contributed by atoms with van der Waals surface area (Å²) in [7, 11) is 1.95. The van der Waals surface area contributed by atoms with Crippen LogP contribution in [-0.2, 0) is 19.9 Å². The maximum atomic E-state index is 5.67. The molecule has 0 spiro atoms. The zero-order chi connectivity index (χ0) is 13.8. The molecule has 0 aliphatic heterocycles. The summed E-state index contributed by atoms with van der Waals surface area (Å²) in [5.74, 6) is 2.41. The molecule has 1 aromatic heterocycles. The fraction of sp³-hybridized carbons (Fsp3) is 0.467. The first kappa shape index (κ1) is 13.7. The summed E-state index contributed by atoms with van der Waals surface area (Å²) in [4.78, 5) is 4.67. The Kier molecular flexibility index (Phi) is 4.32. The molecule has 2 N–H and O–H groups in total.